The van der Waals surface area contributed by atoms with Gasteiger partial charge in [-0.25, -0.2) is 4.79 Å². The molecular weight excluding hydrogens is 382 g/mol. The highest BCUT2D eigenvalue weighted by molar-refractivity contribution is 6.35. The first-order valence-electron chi connectivity index (χ1n) is 9.39. The monoisotopic (exact) mass is 407 g/mol. The third-order valence-corrected chi connectivity index (χ3v) is 4.74. The normalized spacial score (nSPS) is 15.5. The van der Waals surface area contributed by atoms with Crippen LogP contribution < -0.4 is 14.8 Å². The van der Waals surface area contributed by atoms with Crippen molar-refractivity contribution >= 4 is 28.5 Å². The number of fused-ring (bicyclic) bond motifs is 1. The molecule has 1 N–H and O–H groups in total. The molecule has 0 saturated carbocycles. The lowest BCUT2D eigenvalue weighted by Gasteiger charge is -2.22. The molecule has 1 saturated heterocycles. The molecule has 1 aliphatic rings. The number of halogens is 1. The van der Waals surface area contributed by atoms with Crippen molar-refractivity contribution in [1.29, 1.82) is 0 Å². The molecule has 3 rings (SSSR count). The van der Waals surface area contributed by atoms with Gasteiger partial charge < -0.3 is 19.5 Å². The van der Waals surface area contributed by atoms with Crippen molar-refractivity contribution in [3.63, 3.8) is 0 Å². The van der Waals surface area contributed by atoms with E-state index in [0.29, 0.717) is 29.2 Å². The van der Waals surface area contributed by atoms with Crippen LogP contribution in [0, 0.1) is 5.92 Å². The maximum Gasteiger partial charge on any atom is 0.339 e. The van der Waals surface area contributed by atoms with Crippen LogP contribution in [0.5, 0.6) is 11.8 Å². The van der Waals surface area contributed by atoms with Gasteiger partial charge in [-0.1, -0.05) is 11.6 Å². The average Bonchev–Trinajstić information content (AvgIpc) is 2.64. The van der Waals surface area contributed by atoms with E-state index in [1.807, 2.05) is 0 Å². The quantitative estimate of drug-likeness (QED) is 0.598. The van der Waals surface area contributed by atoms with Gasteiger partial charge in [0.25, 0.3) is 0 Å². The molecule has 1 aromatic heterocycles. The number of methoxy groups -OCH3 is 1. The molecule has 2 aromatic rings. The number of carbonyl (C=O) groups excluding carboxylic acids is 1. The van der Waals surface area contributed by atoms with Crippen LogP contribution in [-0.4, -0.2) is 48.3 Å². The van der Waals surface area contributed by atoms with Crippen LogP contribution >= 0.6 is 11.6 Å². The van der Waals surface area contributed by atoms with E-state index in [1.165, 1.54) is 7.11 Å². The third-order valence-electron chi connectivity index (χ3n) is 4.47. The van der Waals surface area contributed by atoms with Gasteiger partial charge in [0.15, 0.2) is 0 Å². The molecule has 0 aliphatic carbocycles. The molecule has 0 amide bonds. The molecule has 1 aliphatic heterocycles. The summed E-state index contributed by atoms with van der Waals surface area (Å²) in [5, 5.41) is 3.90. The predicted octanol–water partition coefficient (Wildman–Crippen LogP) is 3.63. The van der Waals surface area contributed by atoms with Crippen molar-refractivity contribution in [2.45, 2.75) is 39.2 Å². The lowest BCUT2D eigenvalue weighted by atomic mass is 9.99. The van der Waals surface area contributed by atoms with Crippen LogP contribution in [0.4, 0.5) is 0 Å². The number of esters is 1. The average molecular weight is 408 g/mol. The van der Waals surface area contributed by atoms with Crippen molar-refractivity contribution < 1.29 is 19.0 Å². The number of hydrogen-bond acceptors (Lipinski definition) is 7. The number of piperidine rings is 1. The van der Waals surface area contributed by atoms with E-state index in [2.05, 4.69) is 15.3 Å². The molecule has 152 valence electrons. The van der Waals surface area contributed by atoms with Gasteiger partial charge >= 0.3 is 12.0 Å². The summed E-state index contributed by atoms with van der Waals surface area (Å²) in [6.07, 6.45) is 2.11. The Morgan fingerprint density at radius 1 is 1.25 bits per heavy atom. The second kappa shape index (κ2) is 8.49. The Labute approximate surface area is 169 Å². The highest BCUT2D eigenvalue weighted by Gasteiger charge is 2.24. The van der Waals surface area contributed by atoms with Crippen molar-refractivity contribution in [2.75, 3.05) is 26.8 Å². The number of benzene rings is 1. The molecule has 0 unspecified atom stereocenters. The Kier molecular flexibility index (Phi) is 6.25. The largest absolute Gasteiger partial charge is 0.497 e. The molecule has 1 fully saturated rings. The van der Waals surface area contributed by atoms with Gasteiger partial charge in [-0.3, -0.25) is 0 Å². The summed E-state index contributed by atoms with van der Waals surface area (Å²) < 4.78 is 16.6. The number of rotatable bonds is 5. The summed E-state index contributed by atoms with van der Waals surface area (Å²) >= 11 is 6.41. The first-order chi connectivity index (χ1) is 13.3. The topological polar surface area (TPSA) is 82.6 Å². The molecule has 0 radical (unpaired) electrons. The second-order valence-electron chi connectivity index (χ2n) is 7.87. The van der Waals surface area contributed by atoms with Gasteiger partial charge in [-0.15, -0.1) is 0 Å². The highest BCUT2D eigenvalue weighted by atomic mass is 35.5. The van der Waals surface area contributed by atoms with E-state index in [0.717, 1.165) is 25.9 Å². The summed E-state index contributed by atoms with van der Waals surface area (Å²) in [5.74, 6) is 0.430. The summed E-state index contributed by atoms with van der Waals surface area (Å²) in [7, 11) is 1.53. The zero-order valence-electron chi connectivity index (χ0n) is 16.7. The number of nitrogens with one attached hydrogen (secondary N) is 1. The van der Waals surface area contributed by atoms with Gasteiger partial charge in [-0.05, 0) is 58.7 Å². The number of nitrogens with zero attached hydrogens (tertiary/aromatic N) is 2. The molecule has 7 nitrogen and oxygen atoms in total. The molecule has 1 aromatic carbocycles. The highest BCUT2D eigenvalue weighted by Crippen LogP contribution is 2.32. The Morgan fingerprint density at radius 2 is 1.96 bits per heavy atom. The first kappa shape index (κ1) is 20.6. The minimum atomic E-state index is -0.641. The van der Waals surface area contributed by atoms with Crippen LogP contribution in [0.1, 0.15) is 44.0 Å². The Hall–Kier alpha value is -2.12. The van der Waals surface area contributed by atoms with Crippen LogP contribution in [0.15, 0.2) is 12.1 Å². The Balaban J connectivity index is 1.93. The van der Waals surface area contributed by atoms with Crippen molar-refractivity contribution in [1.82, 2.24) is 15.3 Å². The fraction of sp³-hybridized carbons (Fsp3) is 0.550. The molecule has 8 heteroatoms. The number of hydrogen-bond donors (Lipinski definition) is 1. The van der Waals surface area contributed by atoms with Crippen molar-refractivity contribution in [2.24, 2.45) is 5.92 Å². The Bertz CT molecular complexity index is 861. The summed E-state index contributed by atoms with van der Waals surface area (Å²) in [4.78, 5) is 21.4. The van der Waals surface area contributed by atoms with E-state index >= 15 is 0 Å². The molecule has 0 bridgehead atoms. The van der Waals surface area contributed by atoms with E-state index in [1.54, 1.807) is 32.9 Å². The molecule has 28 heavy (non-hydrogen) atoms. The fourth-order valence-corrected chi connectivity index (χ4v) is 3.36. The zero-order valence-corrected chi connectivity index (χ0v) is 17.4. The van der Waals surface area contributed by atoms with Crippen LogP contribution in [0.3, 0.4) is 0 Å². The number of ether oxygens (including phenoxy) is 3. The first-order valence-corrected chi connectivity index (χ1v) is 9.77. The summed E-state index contributed by atoms with van der Waals surface area (Å²) in [6, 6.07) is 3.48. The molecular formula is C20H26ClN3O4. The Morgan fingerprint density at radius 3 is 2.61 bits per heavy atom. The smallest absolute Gasteiger partial charge is 0.339 e. The van der Waals surface area contributed by atoms with Crippen LogP contribution in [0.2, 0.25) is 5.15 Å². The summed E-state index contributed by atoms with van der Waals surface area (Å²) in [5.41, 5.74) is 0.0947. The molecule has 0 spiro atoms. The van der Waals surface area contributed by atoms with Gasteiger partial charge in [0.1, 0.15) is 16.5 Å². The standard InChI is InChI=1S/C20H26ClN3O4/c1-20(2,3)28-18(25)14-9-13(26-4)10-15-16(14)17(21)24-19(23-15)27-11-12-5-7-22-8-6-12/h9-10,12,22H,5-8,11H2,1-4H3. The minimum absolute atomic E-state index is 0.147. The molecule has 2 heterocycles. The predicted molar refractivity (Wildman–Crippen MR) is 107 cm³/mol. The van der Waals surface area contributed by atoms with Gasteiger partial charge in [0.05, 0.1) is 30.2 Å². The van der Waals surface area contributed by atoms with E-state index in [9.17, 15) is 4.79 Å². The van der Waals surface area contributed by atoms with Crippen molar-refractivity contribution in [3.8, 4) is 11.8 Å². The minimum Gasteiger partial charge on any atom is -0.497 e. The van der Waals surface area contributed by atoms with E-state index in [4.69, 9.17) is 25.8 Å². The van der Waals surface area contributed by atoms with Crippen molar-refractivity contribution in [3.05, 3.63) is 22.8 Å². The third kappa shape index (κ3) is 5.02. The van der Waals surface area contributed by atoms with E-state index in [-0.39, 0.29) is 16.7 Å². The van der Waals surface area contributed by atoms with Gasteiger partial charge in [0.2, 0.25) is 0 Å². The van der Waals surface area contributed by atoms with E-state index < -0.39 is 11.6 Å². The lowest BCUT2D eigenvalue weighted by molar-refractivity contribution is 0.00714. The maximum atomic E-state index is 12.7. The fourth-order valence-electron chi connectivity index (χ4n) is 3.09. The number of aromatic nitrogens is 2. The number of carbonyl (C=O) groups is 1. The van der Waals surface area contributed by atoms with Crippen LogP contribution in [-0.2, 0) is 4.74 Å². The maximum absolute atomic E-state index is 12.7. The second-order valence-corrected chi connectivity index (χ2v) is 8.23. The van der Waals surface area contributed by atoms with Crippen LogP contribution in [0.25, 0.3) is 10.9 Å². The van der Waals surface area contributed by atoms with Gasteiger partial charge in [0, 0.05) is 6.07 Å². The zero-order chi connectivity index (χ0) is 20.3. The molecule has 0 atom stereocenters. The lowest BCUT2D eigenvalue weighted by Crippen LogP contribution is -2.30. The summed E-state index contributed by atoms with van der Waals surface area (Å²) in [6.45, 7) is 7.92. The SMILES string of the molecule is COc1cc(C(=O)OC(C)(C)C)c2c(Cl)nc(OCC3CCNCC3)nc2c1. The van der Waals surface area contributed by atoms with Gasteiger partial charge in [-0.2, -0.15) is 9.97 Å².